The van der Waals surface area contributed by atoms with Crippen LogP contribution in [0.4, 0.5) is 5.69 Å². The maximum atomic E-state index is 8.12. The number of fused-ring (bicyclic) bond motifs is 1. The zero-order valence-electron chi connectivity index (χ0n) is 15.8. The molecule has 0 spiro atoms. The SMILES string of the molecule is CCc1cnc2c(c(-c3ccc(C)cc3)nn2C(C)(C)C)c1N.O=C=O. The van der Waals surface area contributed by atoms with E-state index in [4.69, 9.17) is 20.4 Å². The molecule has 0 amide bonds. The van der Waals surface area contributed by atoms with E-state index >= 15 is 0 Å². The molecule has 0 saturated heterocycles. The predicted molar refractivity (Wildman–Crippen MR) is 101 cm³/mol. The van der Waals surface area contributed by atoms with Gasteiger partial charge in [0.05, 0.1) is 10.9 Å². The van der Waals surface area contributed by atoms with Crippen LogP contribution in [-0.4, -0.2) is 20.9 Å². The highest BCUT2D eigenvalue weighted by Gasteiger charge is 2.24. The molecule has 0 aliphatic carbocycles. The van der Waals surface area contributed by atoms with E-state index in [1.165, 1.54) is 5.56 Å². The number of benzene rings is 1. The van der Waals surface area contributed by atoms with Crippen LogP contribution in [-0.2, 0) is 21.5 Å². The van der Waals surface area contributed by atoms with Gasteiger partial charge >= 0.3 is 6.15 Å². The van der Waals surface area contributed by atoms with Crippen molar-refractivity contribution in [2.75, 3.05) is 5.73 Å². The monoisotopic (exact) mass is 352 g/mol. The normalized spacial score (nSPS) is 11.0. The second-order valence-electron chi connectivity index (χ2n) is 7.13. The maximum absolute atomic E-state index is 8.12. The summed E-state index contributed by atoms with van der Waals surface area (Å²) in [7, 11) is 0. The molecule has 0 bridgehead atoms. The van der Waals surface area contributed by atoms with E-state index in [2.05, 4.69) is 63.9 Å². The number of rotatable bonds is 2. The van der Waals surface area contributed by atoms with Crippen molar-refractivity contribution >= 4 is 22.9 Å². The molecule has 3 rings (SSSR count). The third-order valence-electron chi connectivity index (χ3n) is 4.16. The fourth-order valence-corrected chi connectivity index (χ4v) is 2.81. The lowest BCUT2D eigenvalue weighted by molar-refractivity contribution is -0.191. The van der Waals surface area contributed by atoms with Crippen molar-refractivity contribution < 1.29 is 9.59 Å². The fourth-order valence-electron chi connectivity index (χ4n) is 2.81. The number of pyridine rings is 1. The largest absolute Gasteiger partial charge is 0.398 e. The topological polar surface area (TPSA) is 90.9 Å². The van der Waals surface area contributed by atoms with Gasteiger partial charge in [-0.15, -0.1) is 0 Å². The highest BCUT2D eigenvalue weighted by Crippen LogP contribution is 2.35. The Labute approximate surface area is 153 Å². The van der Waals surface area contributed by atoms with Crippen LogP contribution >= 0.6 is 0 Å². The molecule has 0 aliphatic heterocycles. The standard InChI is InChI=1S/C19H24N4.CO2/c1-6-13-11-21-18-15(16(13)20)17(22-23(18)19(3,4)5)14-9-7-12(2)8-10-14;2-1-3/h7-11H,6H2,1-5H3,(H2,20,21);. The second-order valence-corrected chi connectivity index (χ2v) is 7.13. The summed E-state index contributed by atoms with van der Waals surface area (Å²) < 4.78 is 1.98. The molecule has 6 heteroatoms. The van der Waals surface area contributed by atoms with E-state index in [1.54, 1.807) is 0 Å². The minimum absolute atomic E-state index is 0.158. The zero-order valence-corrected chi connectivity index (χ0v) is 15.8. The Morgan fingerprint density at radius 1 is 1.15 bits per heavy atom. The van der Waals surface area contributed by atoms with Crippen LogP contribution in [0, 0.1) is 6.92 Å². The first-order chi connectivity index (χ1) is 12.2. The molecule has 2 heterocycles. The van der Waals surface area contributed by atoms with Crippen LogP contribution < -0.4 is 5.73 Å². The molecule has 1 aromatic carbocycles. The van der Waals surface area contributed by atoms with Gasteiger partial charge in [0.15, 0.2) is 5.65 Å². The Morgan fingerprint density at radius 2 is 1.73 bits per heavy atom. The highest BCUT2D eigenvalue weighted by molar-refractivity contribution is 6.00. The van der Waals surface area contributed by atoms with Crippen LogP contribution in [0.2, 0.25) is 0 Å². The van der Waals surface area contributed by atoms with Crippen LogP contribution in [0.15, 0.2) is 30.5 Å². The second kappa shape index (κ2) is 7.50. The van der Waals surface area contributed by atoms with Gasteiger partial charge < -0.3 is 5.73 Å². The number of hydrogen-bond acceptors (Lipinski definition) is 5. The van der Waals surface area contributed by atoms with Gasteiger partial charge in [-0.1, -0.05) is 36.8 Å². The molecule has 2 aromatic heterocycles. The highest BCUT2D eigenvalue weighted by atomic mass is 16.2. The lowest BCUT2D eigenvalue weighted by atomic mass is 10.0. The van der Waals surface area contributed by atoms with Gasteiger partial charge in [0.25, 0.3) is 0 Å². The van der Waals surface area contributed by atoms with Crippen LogP contribution in [0.3, 0.4) is 0 Å². The quantitative estimate of drug-likeness (QED) is 0.759. The molecule has 2 N–H and O–H groups in total. The first-order valence-corrected chi connectivity index (χ1v) is 8.47. The van der Waals surface area contributed by atoms with Crippen molar-refractivity contribution in [2.45, 2.75) is 46.6 Å². The van der Waals surface area contributed by atoms with Crippen LogP contribution in [0.1, 0.15) is 38.8 Å². The Bertz CT molecular complexity index is 945. The summed E-state index contributed by atoms with van der Waals surface area (Å²) in [6, 6.07) is 8.40. The third kappa shape index (κ3) is 3.65. The van der Waals surface area contributed by atoms with Crippen molar-refractivity contribution in [3.8, 4) is 11.3 Å². The van der Waals surface area contributed by atoms with Gasteiger partial charge in [-0.05, 0) is 39.7 Å². The molecular formula is C20H24N4O2. The number of hydrogen-bond donors (Lipinski definition) is 1. The Hall–Kier alpha value is -2.98. The van der Waals surface area contributed by atoms with Gasteiger partial charge in [0.1, 0.15) is 5.69 Å². The van der Waals surface area contributed by atoms with Gasteiger partial charge in [0, 0.05) is 17.4 Å². The molecule has 6 nitrogen and oxygen atoms in total. The van der Waals surface area contributed by atoms with E-state index in [9.17, 15) is 0 Å². The maximum Gasteiger partial charge on any atom is 0.373 e. The van der Waals surface area contributed by atoms with Gasteiger partial charge in [-0.3, -0.25) is 0 Å². The van der Waals surface area contributed by atoms with E-state index in [-0.39, 0.29) is 11.7 Å². The Morgan fingerprint density at radius 3 is 2.23 bits per heavy atom. The van der Waals surface area contributed by atoms with Crippen molar-refractivity contribution in [2.24, 2.45) is 0 Å². The number of aryl methyl sites for hydroxylation is 2. The van der Waals surface area contributed by atoms with Crippen molar-refractivity contribution in [1.82, 2.24) is 14.8 Å². The minimum Gasteiger partial charge on any atom is -0.398 e. The molecule has 0 saturated carbocycles. The molecule has 26 heavy (non-hydrogen) atoms. The number of nitrogens with two attached hydrogens (primary N) is 1. The number of carbonyl (C=O) groups excluding carboxylic acids is 2. The summed E-state index contributed by atoms with van der Waals surface area (Å²) in [5.41, 5.74) is 12.2. The summed E-state index contributed by atoms with van der Waals surface area (Å²) >= 11 is 0. The smallest absolute Gasteiger partial charge is 0.373 e. The Balaban J connectivity index is 0.000000758. The summed E-state index contributed by atoms with van der Waals surface area (Å²) in [6.07, 6.45) is 2.99. The Kier molecular flexibility index (Phi) is 5.58. The van der Waals surface area contributed by atoms with Crippen molar-refractivity contribution in [1.29, 1.82) is 0 Å². The predicted octanol–water partition coefficient (Wildman–Crippen LogP) is 3.72. The van der Waals surface area contributed by atoms with Crippen LogP contribution in [0.5, 0.6) is 0 Å². The number of nitrogen functional groups attached to an aromatic ring is 1. The zero-order chi connectivity index (χ0) is 19.5. The van der Waals surface area contributed by atoms with Gasteiger partial charge in [-0.2, -0.15) is 14.7 Å². The number of aromatic nitrogens is 3. The van der Waals surface area contributed by atoms with E-state index in [0.717, 1.165) is 40.0 Å². The van der Waals surface area contributed by atoms with Crippen LogP contribution in [0.25, 0.3) is 22.3 Å². The molecule has 0 aliphatic rings. The molecule has 136 valence electrons. The van der Waals surface area contributed by atoms with Gasteiger partial charge in [0.2, 0.25) is 0 Å². The molecule has 3 aromatic rings. The fraction of sp³-hybridized carbons (Fsp3) is 0.350. The lowest BCUT2D eigenvalue weighted by Gasteiger charge is -2.19. The van der Waals surface area contributed by atoms with Crippen molar-refractivity contribution in [3.05, 3.63) is 41.6 Å². The summed E-state index contributed by atoms with van der Waals surface area (Å²) in [4.78, 5) is 20.9. The van der Waals surface area contributed by atoms with E-state index in [1.807, 2.05) is 10.9 Å². The van der Waals surface area contributed by atoms with E-state index < -0.39 is 0 Å². The molecular weight excluding hydrogens is 328 g/mol. The molecule has 0 unspecified atom stereocenters. The third-order valence-corrected chi connectivity index (χ3v) is 4.16. The summed E-state index contributed by atoms with van der Waals surface area (Å²) in [6.45, 7) is 10.6. The number of nitrogens with zero attached hydrogens (tertiary/aromatic N) is 3. The first kappa shape index (κ1) is 19.3. The molecule has 0 atom stereocenters. The summed E-state index contributed by atoms with van der Waals surface area (Å²) in [5, 5.41) is 5.83. The van der Waals surface area contributed by atoms with Crippen molar-refractivity contribution in [3.63, 3.8) is 0 Å². The molecule has 0 radical (unpaired) electrons. The first-order valence-electron chi connectivity index (χ1n) is 8.47. The molecule has 0 fully saturated rings. The summed E-state index contributed by atoms with van der Waals surface area (Å²) in [5.74, 6) is 0. The lowest BCUT2D eigenvalue weighted by Crippen LogP contribution is -2.23. The average molecular weight is 352 g/mol. The average Bonchev–Trinajstić information content (AvgIpc) is 2.97. The number of anilines is 1. The van der Waals surface area contributed by atoms with Gasteiger partial charge in [-0.25, -0.2) is 9.67 Å². The van der Waals surface area contributed by atoms with E-state index in [0.29, 0.717) is 0 Å². The minimum atomic E-state index is -0.158.